The number of nitrogens with one attached hydrogen (secondary N) is 1. The van der Waals surface area contributed by atoms with Crippen LogP contribution in [0.4, 0.5) is 5.69 Å². The van der Waals surface area contributed by atoms with Crippen molar-refractivity contribution in [1.29, 1.82) is 0 Å². The van der Waals surface area contributed by atoms with Gasteiger partial charge in [-0.25, -0.2) is 8.42 Å². The summed E-state index contributed by atoms with van der Waals surface area (Å²) < 4.78 is 29.3. The first-order valence-electron chi connectivity index (χ1n) is 14.9. The number of carbonyl (C=O) groups is 2. The van der Waals surface area contributed by atoms with Gasteiger partial charge in [0, 0.05) is 34.6 Å². The summed E-state index contributed by atoms with van der Waals surface area (Å²) in [6.07, 6.45) is 1.84. The van der Waals surface area contributed by atoms with Crippen molar-refractivity contribution >= 4 is 62.3 Å². The molecule has 11 heteroatoms. The molecule has 2 amide bonds. The molecule has 4 aromatic carbocycles. The maximum Gasteiger partial charge on any atom is 0.264 e. The maximum absolute atomic E-state index is 14.5. The number of anilines is 1. The Morgan fingerprint density at radius 1 is 0.848 bits per heavy atom. The van der Waals surface area contributed by atoms with E-state index in [0.29, 0.717) is 32.9 Å². The summed E-state index contributed by atoms with van der Waals surface area (Å²) in [6.45, 7) is 3.66. The molecule has 242 valence electrons. The Kier molecular flexibility index (Phi) is 12.5. The van der Waals surface area contributed by atoms with Gasteiger partial charge in [0.1, 0.15) is 12.6 Å². The number of hydrogen-bond donors (Lipinski definition) is 1. The summed E-state index contributed by atoms with van der Waals surface area (Å²) in [4.78, 5) is 29.8. The Morgan fingerprint density at radius 3 is 2.20 bits per heavy atom. The lowest BCUT2D eigenvalue weighted by Crippen LogP contribution is -2.53. The highest BCUT2D eigenvalue weighted by Crippen LogP contribution is 2.28. The third-order valence-electron chi connectivity index (χ3n) is 7.43. The average Bonchev–Trinajstić information content (AvgIpc) is 3.03. The minimum absolute atomic E-state index is 0.0309. The van der Waals surface area contributed by atoms with Crippen molar-refractivity contribution in [2.75, 3.05) is 17.4 Å². The molecule has 0 heterocycles. The minimum Gasteiger partial charge on any atom is -0.354 e. The van der Waals surface area contributed by atoms with Crippen molar-refractivity contribution in [1.82, 2.24) is 10.2 Å². The average molecular weight is 701 g/mol. The summed E-state index contributed by atoms with van der Waals surface area (Å²) in [6, 6.07) is 26.0. The molecule has 7 nitrogen and oxygen atoms in total. The van der Waals surface area contributed by atoms with Gasteiger partial charge >= 0.3 is 0 Å². The van der Waals surface area contributed by atoms with Crippen LogP contribution in [0.2, 0.25) is 15.1 Å². The van der Waals surface area contributed by atoms with Crippen LogP contribution in [-0.2, 0) is 32.6 Å². The zero-order chi connectivity index (χ0) is 33.3. The molecule has 0 aromatic heterocycles. The third-order valence-corrected chi connectivity index (χ3v) is 10.1. The fourth-order valence-electron chi connectivity index (χ4n) is 4.94. The maximum atomic E-state index is 14.5. The fourth-order valence-corrected chi connectivity index (χ4v) is 6.94. The van der Waals surface area contributed by atoms with Gasteiger partial charge in [-0.3, -0.25) is 13.9 Å². The Labute approximate surface area is 286 Å². The molecule has 0 saturated heterocycles. The van der Waals surface area contributed by atoms with Crippen molar-refractivity contribution in [3.8, 4) is 0 Å². The van der Waals surface area contributed by atoms with Crippen molar-refractivity contribution in [3.63, 3.8) is 0 Å². The second-order valence-electron chi connectivity index (χ2n) is 10.9. The number of rotatable bonds is 14. The normalized spacial score (nSPS) is 11.9. The van der Waals surface area contributed by atoms with E-state index in [0.717, 1.165) is 28.3 Å². The molecule has 0 aliphatic heterocycles. The quantitative estimate of drug-likeness (QED) is 0.137. The Bertz CT molecular complexity index is 1750. The summed E-state index contributed by atoms with van der Waals surface area (Å²) in [5, 5.41) is 4.09. The van der Waals surface area contributed by atoms with Crippen LogP contribution in [0.15, 0.2) is 102 Å². The zero-order valence-electron chi connectivity index (χ0n) is 25.6. The lowest BCUT2D eigenvalue weighted by atomic mass is 10.0. The van der Waals surface area contributed by atoms with Gasteiger partial charge in [-0.15, -0.1) is 0 Å². The van der Waals surface area contributed by atoms with Crippen LogP contribution in [0.5, 0.6) is 0 Å². The molecular weight excluding hydrogens is 665 g/mol. The van der Waals surface area contributed by atoms with Gasteiger partial charge in [0.25, 0.3) is 10.0 Å². The third kappa shape index (κ3) is 9.26. The molecule has 0 fully saturated rings. The number of benzene rings is 4. The van der Waals surface area contributed by atoms with Crippen LogP contribution < -0.4 is 9.62 Å². The van der Waals surface area contributed by atoms with Crippen LogP contribution in [0, 0.1) is 6.92 Å². The number of sulfonamides is 1. The largest absolute Gasteiger partial charge is 0.354 e. The number of amides is 2. The smallest absolute Gasteiger partial charge is 0.264 e. The van der Waals surface area contributed by atoms with Gasteiger partial charge < -0.3 is 10.2 Å². The topological polar surface area (TPSA) is 86.8 Å². The molecule has 0 unspecified atom stereocenters. The SMILES string of the molecule is CCCCNC(=O)[C@H](Cc1ccccc1)N(Cc1ccc(Cl)cc1Cl)C(=O)CN(c1cccc(C)c1)S(=O)(=O)c1ccc(Cl)cc1. The summed E-state index contributed by atoms with van der Waals surface area (Å²) in [5.41, 5.74) is 2.51. The number of nitrogens with zero attached hydrogens (tertiary/aromatic N) is 2. The van der Waals surface area contributed by atoms with Crippen LogP contribution in [0.25, 0.3) is 0 Å². The van der Waals surface area contributed by atoms with Gasteiger partial charge in [-0.05, 0) is 78.6 Å². The highest BCUT2D eigenvalue weighted by molar-refractivity contribution is 7.92. The first-order chi connectivity index (χ1) is 22.0. The highest BCUT2D eigenvalue weighted by atomic mass is 35.5. The summed E-state index contributed by atoms with van der Waals surface area (Å²) >= 11 is 18.8. The van der Waals surface area contributed by atoms with Crippen LogP contribution in [0.1, 0.15) is 36.5 Å². The van der Waals surface area contributed by atoms with Crippen LogP contribution >= 0.6 is 34.8 Å². The van der Waals surface area contributed by atoms with Gasteiger partial charge in [0.05, 0.1) is 10.6 Å². The van der Waals surface area contributed by atoms with Crippen molar-refractivity contribution < 1.29 is 18.0 Å². The molecule has 0 saturated carbocycles. The predicted octanol–water partition coefficient (Wildman–Crippen LogP) is 7.71. The lowest BCUT2D eigenvalue weighted by Gasteiger charge is -2.34. The van der Waals surface area contributed by atoms with E-state index in [4.69, 9.17) is 34.8 Å². The van der Waals surface area contributed by atoms with E-state index in [1.807, 2.05) is 50.2 Å². The molecule has 4 rings (SSSR count). The highest BCUT2D eigenvalue weighted by Gasteiger charge is 2.35. The first kappa shape index (κ1) is 35.3. The van der Waals surface area contributed by atoms with E-state index in [1.165, 1.54) is 29.2 Å². The van der Waals surface area contributed by atoms with E-state index in [-0.39, 0.29) is 23.8 Å². The number of carbonyl (C=O) groups excluding carboxylic acids is 2. The summed E-state index contributed by atoms with van der Waals surface area (Å²) in [7, 11) is -4.24. The van der Waals surface area contributed by atoms with E-state index >= 15 is 0 Å². The monoisotopic (exact) mass is 699 g/mol. The molecule has 1 atom stereocenters. The number of halogens is 3. The molecule has 0 aliphatic carbocycles. The Balaban J connectivity index is 1.81. The van der Waals surface area contributed by atoms with E-state index in [9.17, 15) is 18.0 Å². The molecule has 0 spiro atoms. The zero-order valence-corrected chi connectivity index (χ0v) is 28.7. The van der Waals surface area contributed by atoms with Crippen molar-refractivity contribution in [2.24, 2.45) is 0 Å². The summed E-state index contributed by atoms with van der Waals surface area (Å²) in [5.74, 6) is -0.935. The number of aryl methyl sites for hydroxylation is 1. The predicted molar refractivity (Wildman–Crippen MR) is 186 cm³/mol. The standard InChI is InChI=1S/C35H36Cl3N3O4S/c1-3-4-19-39-35(43)33(21-26-10-6-5-7-11-26)40(23-27-13-14-29(37)22-32(27)38)34(42)24-41(30-12-8-9-25(2)20-30)46(44,45)31-17-15-28(36)16-18-31/h5-18,20,22,33H,3-4,19,21,23-24H2,1-2H3,(H,39,43)/t33-/m0/s1. The van der Waals surface area contributed by atoms with E-state index in [1.54, 1.807) is 36.4 Å². The second-order valence-corrected chi connectivity index (χ2v) is 14.1. The van der Waals surface area contributed by atoms with Gasteiger partial charge in [-0.2, -0.15) is 0 Å². The minimum atomic E-state index is -4.24. The lowest BCUT2D eigenvalue weighted by molar-refractivity contribution is -0.140. The van der Waals surface area contributed by atoms with Crippen molar-refractivity contribution in [3.05, 3.63) is 129 Å². The van der Waals surface area contributed by atoms with E-state index < -0.39 is 28.5 Å². The Morgan fingerprint density at radius 2 is 1.54 bits per heavy atom. The molecule has 0 radical (unpaired) electrons. The molecule has 0 bridgehead atoms. The van der Waals surface area contributed by atoms with Crippen LogP contribution in [-0.4, -0.2) is 44.3 Å². The molecule has 46 heavy (non-hydrogen) atoms. The number of hydrogen-bond acceptors (Lipinski definition) is 4. The number of unbranched alkanes of at least 4 members (excludes halogenated alkanes) is 1. The van der Waals surface area contributed by atoms with E-state index in [2.05, 4.69) is 5.32 Å². The Hall–Kier alpha value is -3.56. The van der Waals surface area contributed by atoms with Gasteiger partial charge in [0.2, 0.25) is 11.8 Å². The van der Waals surface area contributed by atoms with Gasteiger partial charge in [-0.1, -0.05) is 96.7 Å². The van der Waals surface area contributed by atoms with Crippen LogP contribution in [0.3, 0.4) is 0 Å². The molecular formula is C35H36Cl3N3O4S. The van der Waals surface area contributed by atoms with Gasteiger partial charge in [0.15, 0.2) is 0 Å². The van der Waals surface area contributed by atoms with Crippen molar-refractivity contribution in [2.45, 2.75) is 50.6 Å². The molecule has 1 N–H and O–H groups in total. The fraction of sp³-hybridized carbons (Fsp3) is 0.257. The first-order valence-corrected chi connectivity index (χ1v) is 17.5. The molecule has 4 aromatic rings. The molecule has 0 aliphatic rings. The second kappa shape index (κ2) is 16.3.